The summed E-state index contributed by atoms with van der Waals surface area (Å²) in [7, 11) is 0. The second-order valence-corrected chi connectivity index (χ2v) is 10.4. The van der Waals surface area contributed by atoms with E-state index < -0.39 is 41.4 Å². The quantitative estimate of drug-likeness (QED) is 0.406. The van der Waals surface area contributed by atoms with Crippen molar-refractivity contribution in [1.82, 2.24) is 20.4 Å². The Kier molecular flexibility index (Phi) is 8.73. The number of benzene rings is 2. The summed E-state index contributed by atoms with van der Waals surface area (Å²) in [4.78, 5) is 52.7. The van der Waals surface area contributed by atoms with E-state index in [2.05, 4.69) is 15.8 Å². The Balaban J connectivity index is 1.56. The average Bonchev–Trinajstić information content (AvgIpc) is 3.29. The number of nitrogens with zero attached hydrogens (tertiary/aromatic N) is 2. The molecule has 2 N–H and O–H groups in total. The van der Waals surface area contributed by atoms with E-state index in [9.17, 15) is 23.6 Å². The van der Waals surface area contributed by atoms with E-state index in [0.717, 1.165) is 23.8 Å². The largest absolute Gasteiger partial charge is 0.442 e. The number of amides is 2. The first-order chi connectivity index (χ1) is 18.7. The lowest BCUT2D eigenvalue weighted by Gasteiger charge is -2.38. The summed E-state index contributed by atoms with van der Waals surface area (Å²) in [6, 6.07) is 13.1. The molecule has 0 aliphatic heterocycles. The third kappa shape index (κ3) is 6.68. The molecular weight excluding hydrogens is 503 g/mol. The molecule has 2 aromatic carbocycles. The Hall–Kier alpha value is -4.08. The van der Waals surface area contributed by atoms with Crippen LogP contribution in [0.25, 0.3) is 11.4 Å². The van der Waals surface area contributed by atoms with Crippen molar-refractivity contribution in [2.24, 2.45) is 5.92 Å². The highest BCUT2D eigenvalue weighted by molar-refractivity contribution is 6.00. The van der Waals surface area contributed by atoms with Crippen molar-refractivity contribution < 1.29 is 23.3 Å². The molecule has 206 valence electrons. The second-order valence-electron chi connectivity index (χ2n) is 10.4. The molecule has 0 radical (unpaired) electrons. The Morgan fingerprint density at radius 3 is 2.33 bits per heavy atom. The van der Waals surface area contributed by atoms with Gasteiger partial charge >= 0.3 is 5.76 Å². The molecule has 0 spiro atoms. The molecule has 1 heterocycles. The maximum absolute atomic E-state index is 13.8. The predicted octanol–water partition coefficient (Wildman–Crippen LogP) is 3.88. The molecule has 1 atom stereocenters. The molecule has 0 unspecified atom stereocenters. The maximum atomic E-state index is 13.8. The minimum atomic E-state index is -1.14. The smallest absolute Gasteiger partial charge is 0.344 e. The number of rotatable bonds is 10. The fourth-order valence-corrected chi connectivity index (χ4v) is 4.96. The number of hydrogen-bond acceptors (Lipinski definition) is 6. The summed E-state index contributed by atoms with van der Waals surface area (Å²) in [6.07, 6.45) is 3.73. The molecule has 2 amide bonds. The van der Waals surface area contributed by atoms with Gasteiger partial charge in [-0.15, -0.1) is 0 Å². The third-order valence-corrected chi connectivity index (χ3v) is 7.03. The third-order valence-electron chi connectivity index (χ3n) is 7.03. The topological polar surface area (TPSA) is 123 Å². The molecule has 1 aliphatic carbocycles. The van der Waals surface area contributed by atoms with Gasteiger partial charge < -0.3 is 10.6 Å². The molecular formula is C29H33FN4O5. The van der Waals surface area contributed by atoms with Gasteiger partial charge in [-0.05, 0) is 61.6 Å². The number of hydrogen-bond donors (Lipinski definition) is 2. The van der Waals surface area contributed by atoms with Crippen LogP contribution in [0.5, 0.6) is 0 Å². The second kappa shape index (κ2) is 12.2. The lowest BCUT2D eigenvalue weighted by Crippen LogP contribution is -2.62. The van der Waals surface area contributed by atoms with E-state index in [1.165, 1.54) is 24.3 Å². The van der Waals surface area contributed by atoms with E-state index in [1.807, 2.05) is 19.9 Å². The van der Waals surface area contributed by atoms with Gasteiger partial charge in [-0.2, -0.15) is 0 Å². The van der Waals surface area contributed by atoms with Gasteiger partial charge in [0.1, 0.15) is 11.4 Å². The van der Waals surface area contributed by atoms with Gasteiger partial charge in [-0.25, -0.2) is 13.8 Å². The highest BCUT2D eigenvalue weighted by Crippen LogP contribution is 2.29. The van der Waals surface area contributed by atoms with Gasteiger partial charge in [-0.3, -0.25) is 18.9 Å². The molecule has 9 nitrogen and oxygen atoms in total. The number of aromatic nitrogens is 2. The molecule has 4 rings (SSSR count). The summed E-state index contributed by atoms with van der Waals surface area (Å²) < 4.78 is 19.3. The van der Waals surface area contributed by atoms with Gasteiger partial charge in [0.2, 0.25) is 5.91 Å². The van der Waals surface area contributed by atoms with Crippen LogP contribution in [0.2, 0.25) is 0 Å². The van der Waals surface area contributed by atoms with Crippen LogP contribution in [-0.2, 0) is 16.1 Å². The van der Waals surface area contributed by atoms with Gasteiger partial charge in [0, 0.05) is 11.1 Å². The van der Waals surface area contributed by atoms with Gasteiger partial charge in [-0.1, -0.05) is 56.5 Å². The van der Waals surface area contributed by atoms with Crippen LogP contribution in [0, 0.1) is 11.7 Å². The van der Waals surface area contributed by atoms with Crippen molar-refractivity contribution in [1.29, 1.82) is 0 Å². The zero-order chi connectivity index (χ0) is 28.0. The van der Waals surface area contributed by atoms with Crippen LogP contribution in [0.4, 0.5) is 4.39 Å². The average molecular weight is 537 g/mol. The number of carbonyl (C=O) groups is 3. The monoisotopic (exact) mass is 536 g/mol. The predicted molar refractivity (Wildman–Crippen MR) is 142 cm³/mol. The maximum Gasteiger partial charge on any atom is 0.442 e. The van der Waals surface area contributed by atoms with Gasteiger partial charge in [0.15, 0.2) is 11.6 Å². The Morgan fingerprint density at radius 2 is 1.69 bits per heavy atom. The fraction of sp³-hybridized carbons (Fsp3) is 0.414. The van der Waals surface area contributed by atoms with Crippen LogP contribution in [0.1, 0.15) is 62.7 Å². The SMILES string of the molecule is CC(C)C[C@H](NC(=O)C1(NC(=O)c2ccccc2)CCCCC1)C(=O)Cn1c(-c2ccc(F)cc2)noc1=O. The van der Waals surface area contributed by atoms with Crippen LogP contribution in [0.15, 0.2) is 63.9 Å². The van der Waals surface area contributed by atoms with Gasteiger partial charge in [0.05, 0.1) is 12.6 Å². The van der Waals surface area contributed by atoms with Crippen molar-refractivity contribution in [3.63, 3.8) is 0 Å². The van der Waals surface area contributed by atoms with Crippen molar-refractivity contribution >= 4 is 17.6 Å². The van der Waals surface area contributed by atoms with Crippen LogP contribution in [-0.4, -0.2) is 38.9 Å². The molecule has 1 aliphatic rings. The van der Waals surface area contributed by atoms with E-state index in [1.54, 1.807) is 24.3 Å². The van der Waals surface area contributed by atoms with Crippen molar-refractivity contribution in [3.8, 4) is 11.4 Å². The zero-order valence-electron chi connectivity index (χ0n) is 22.1. The first kappa shape index (κ1) is 27.9. The molecule has 1 saturated carbocycles. The molecule has 3 aromatic rings. The Bertz CT molecular complexity index is 1360. The Morgan fingerprint density at radius 1 is 1.03 bits per heavy atom. The summed E-state index contributed by atoms with van der Waals surface area (Å²) >= 11 is 0. The summed E-state index contributed by atoms with van der Waals surface area (Å²) in [5, 5.41) is 9.62. The highest BCUT2D eigenvalue weighted by atomic mass is 19.1. The number of nitrogens with one attached hydrogen (secondary N) is 2. The zero-order valence-corrected chi connectivity index (χ0v) is 22.1. The van der Waals surface area contributed by atoms with Crippen molar-refractivity contribution in [2.75, 3.05) is 0 Å². The standard InChI is InChI=1S/C29H33FN4O5/c1-19(2)17-23(24(35)18-34-25(33-39-28(34)38)20-11-13-22(30)14-12-20)31-27(37)29(15-7-4-8-16-29)32-26(36)21-9-5-3-6-10-21/h3,5-6,9-14,19,23H,4,7-8,15-18H2,1-2H3,(H,31,37)(H,32,36)/t23-/m0/s1. The molecule has 1 fully saturated rings. The number of ketones is 1. The Labute approximate surface area is 225 Å². The molecule has 39 heavy (non-hydrogen) atoms. The molecule has 0 saturated heterocycles. The van der Waals surface area contributed by atoms with E-state index in [-0.39, 0.29) is 17.6 Å². The molecule has 0 bridgehead atoms. The number of halogens is 1. The number of carbonyl (C=O) groups excluding carboxylic acids is 3. The first-order valence-electron chi connectivity index (χ1n) is 13.2. The highest BCUT2D eigenvalue weighted by Gasteiger charge is 2.42. The normalized spacial score (nSPS) is 15.5. The lowest BCUT2D eigenvalue weighted by atomic mass is 9.80. The minimum absolute atomic E-state index is 0.0521. The summed E-state index contributed by atoms with van der Waals surface area (Å²) in [5.41, 5.74) is -0.289. The minimum Gasteiger partial charge on any atom is -0.344 e. The summed E-state index contributed by atoms with van der Waals surface area (Å²) in [5.74, 6) is -2.33. The van der Waals surface area contributed by atoms with E-state index >= 15 is 0 Å². The first-order valence-corrected chi connectivity index (χ1v) is 13.2. The van der Waals surface area contributed by atoms with Crippen LogP contribution < -0.4 is 16.4 Å². The van der Waals surface area contributed by atoms with Crippen LogP contribution >= 0.6 is 0 Å². The summed E-state index contributed by atoms with van der Waals surface area (Å²) in [6.45, 7) is 3.46. The van der Waals surface area contributed by atoms with E-state index in [0.29, 0.717) is 30.4 Å². The van der Waals surface area contributed by atoms with Crippen LogP contribution in [0.3, 0.4) is 0 Å². The number of Topliss-reactive ketones (excluding diaryl/α,β-unsaturated/α-hetero) is 1. The lowest BCUT2D eigenvalue weighted by molar-refractivity contribution is -0.133. The van der Waals surface area contributed by atoms with Crippen molar-refractivity contribution in [2.45, 2.75) is 70.5 Å². The fourth-order valence-electron chi connectivity index (χ4n) is 4.96. The van der Waals surface area contributed by atoms with E-state index in [4.69, 9.17) is 4.52 Å². The molecule has 10 heteroatoms. The van der Waals surface area contributed by atoms with Gasteiger partial charge in [0.25, 0.3) is 5.91 Å². The van der Waals surface area contributed by atoms with Crippen molar-refractivity contribution in [3.05, 3.63) is 76.5 Å². The molecule has 1 aromatic heterocycles.